The molecule has 1 heterocycles. The van der Waals surface area contributed by atoms with Gasteiger partial charge in [-0.25, -0.2) is 0 Å². The van der Waals surface area contributed by atoms with E-state index < -0.39 is 0 Å². The maximum absolute atomic E-state index is 6.23. The molecule has 3 nitrogen and oxygen atoms in total. The zero-order valence-electron chi connectivity index (χ0n) is 13.3. The number of ether oxygens (including phenoxy) is 1. The first kappa shape index (κ1) is 16.9. The average Bonchev–Trinajstić information content (AvgIpc) is 2.43. The van der Waals surface area contributed by atoms with Gasteiger partial charge < -0.3 is 15.0 Å². The molecule has 2 aliphatic rings. The third-order valence-corrected chi connectivity index (χ3v) is 4.01. The average molecular weight is 270 g/mol. The predicted molar refractivity (Wildman–Crippen MR) is 82.7 cm³/mol. The highest BCUT2D eigenvalue weighted by molar-refractivity contribution is 4.75. The van der Waals surface area contributed by atoms with Gasteiger partial charge in [0.15, 0.2) is 0 Å². The van der Waals surface area contributed by atoms with E-state index in [-0.39, 0.29) is 0 Å². The Morgan fingerprint density at radius 2 is 1.47 bits per heavy atom. The third kappa shape index (κ3) is 7.28. The van der Waals surface area contributed by atoms with Crippen LogP contribution in [-0.4, -0.2) is 50.8 Å². The lowest BCUT2D eigenvalue weighted by Crippen LogP contribution is -2.39. The summed E-state index contributed by atoms with van der Waals surface area (Å²) in [6.07, 6.45) is 11.8. The van der Waals surface area contributed by atoms with Crippen molar-refractivity contribution < 1.29 is 4.74 Å². The van der Waals surface area contributed by atoms with E-state index >= 15 is 0 Å². The van der Waals surface area contributed by atoms with Gasteiger partial charge in [0.1, 0.15) is 0 Å². The fourth-order valence-electron chi connectivity index (χ4n) is 3.06. The molecule has 2 rings (SSSR count). The summed E-state index contributed by atoms with van der Waals surface area (Å²) in [5.74, 6) is 0. The maximum Gasteiger partial charge on any atom is 0.0603 e. The van der Waals surface area contributed by atoms with Crippen LogP contribution in [0.2, 0.25) is 0 Å². The van der Waals surface area contributed by atoms with Crippen LogP contribution in [0.4, 0.5) is 0 Å². The van der Waals surface area contributed by atoms with Crippen molar-refractivity contribution in [1.82, 2.24) is 10.2 Å². The number of piperidine rings is 1. The Balaban J connectivity index is 0.000000550. The summed E-state index contributed by atoms with van der Waals surface area (Å²) >= 11 is 0. The molecule has 0 spiro atoms. The van der Waals surface area contributed by atoms with Crippen LogP contribution >= 0.6 is 0 Å². The molecule has 1 N–H and O–H groups in total. The molecule has 0 aromatic carbocycles. The first-order chi connectivity index (χ1) is 9.30. The van der Waals surface area contributed by atoms with E-state index in [0.29, 0.717) is 12.2 Å². The van der Waals surface area contributed by atoms with Crippen molar-refractivity contribution >= 4 is 0 Å². The van der Waals surface area contributed by atoms with Crippen molar-refractivity contribution in [3.63, 3.8) is 0 Å². The summed E-state index contributed by atoms with van der Waals surface area (Å²) in [4.78, 5) is 2.58. The summed E-state index contributed by atoms with van der Waals surface area (Å²) in [6.45, 7) is 6.05. The molecule has 1 aliphatic carbocycles. The monoisotopic (exact) mass is 270 g/mol. The molecule has 114 valence electrons. The van der Waals surface area contributed by atoms with E-state index in [9.17, 15) is 0 Å². The van der Waals surface area contributed by atoms with Crippen LogP contribution < -0.4 is 5.32 Å². The molecule has 1 saturated carbocycles. The zero-order chi connectivity index (χ0) is 13.9. The standard InChI is InChI=1S/C14H27NO.C2H7N/c1-2-10-15-11-8-14(9-12-15)16-13-6-4-3-5-7-13;1-3-2/h13-14H,2-12H2,1H3;3H,1-2H3. The van der Waals surface area contributed by atoms with Gasteiger partial charge in [-0.2, -0.15) is 0 Å². The molecule has 0 amide bonds. The highest BCUT2D eigenvalue weighted by Gasteiger charge is 2.23. The lowest BCUT2D eigenvalue weighted by Gasteiger charge is -2.34. The van der Waals surface area contributed by atoms with E-state index in [2.05, 4.69) is 17.1 Å². The van der Waals surface area contributed by atoms with E-state index in [1.54, 1.807) is 0 Å². The van der Waals surface area contributed by atoms with Crippen molar-refractivity contribution in [3.05, 3.63) is 0 Å². The van der Waals surface area contributed by atoms with Gasteiger partial charge in [-0.3, -0.25) is 0 Å². The molecule has 0 aromatic rings. The molecule has 19 heavy (non-hydrogen) atoms. The molecular weight excluding hydrogens is 236 g/mol. The van der Waals surface area contributed by atoms with Crippen LogP contribution in [0.1, 0.15) is 58.3 Å². The van der Waals surface area contributed by atoms with Crippen molar-refractivity contribution in [1.29, 1.82) is 0 Å². The normalized spacial score (nSPS) is 22.9. The molecular formula is C16H34N2O. The number of rotatable bonds is 4. The van der Waals surface area contributed by atoms with Gasteiger partial charge in [0.25, 0.3) is 0 Å². The minimum absolute atomic E-state index is 0.566. The number of hydrogen-bond donors (Lipinski definition) is 1. The lowest BCUT2D eigenvalue weighted by atomic mass is 9.97. The SMILES string of the molecule is CCCN1CCC(OC2CCCCC2)CC1.CNC. The largest absolute Gasteiger partial charge is 0.375 e. The Morgan fingerprint density at radius 3 is 2.00 bits per heavy atom. The van der Waals surface area contributed by atoms with Crippen molar-refractivity contribution in [2.24, 2.45) is 0 Å². The number of hydrogen-bond acceptors (Lipinski definition) is 3. The quantitative estimate of drug-likeness (QED) is 0.850. The smallest absolute Gasteiger partial charge is 0.0603 e. The summed E-state index contributed by atoms with van der Waals surface area (Å²) in [5, 5.41) is 2.75. The highest BCUT2D eigenvalue weighted by Crippen LogP contribution is 2.24. The van der Waals surface area contributed by atoms with Gasteiger partial charge in [-0.05, 0) is 52.7 Å². The van der Waals surface area contributed by atoms with Crippen LogP contribution in [0.25, 0.3) is 0 Å². The molecule has 1 aliphatic heterocycles. The lowest BCUT2D eigenvalue weighted by molar-refractivity contribution is -0.0556. The second-order valence-electron chi connectivity index (χ2n) is 5.94. The van der Waals surface area contributed by atoms with Gasteiger partial charge in [0.05, 0.1) is 12.2 Å². The number of likely N-dealkylation sites (tertiary alicyclic amines) is 1. The molecule has 0 bridgehead atoms. The van der Waals surface area contributed by atoms with Gasteiger partial charge in [-0.15, -0.1) is 0 Å². The molecule has 0 atom stereocenters. The van der Waals surface area contributed by atoms with Crippen molar-refractivity contribution in [3.8, 4) is 0 Å². The van der Waals surface area contributed by atoms with E-state index in [1.807, 2.05) is 14.1 Å². The number of nitrogens with zero attached hydrogens (tertiary/aromatic N) is 1. The van der Waals surface area contributed by atoms with E-state index in [0.717, 1.165) is 0 Å². The highest BCUT2D eigenvalue weighted by atomic mass is 16.5. The Labute approximate surface area is 120 Å². The predicted octanol–water partition coefficient (Wildman–Crippen LogP) is 3.05. The molecule has 1 saturated heterocycles. The van der Waals surface area contributed by atoms with Crippen LogP contribution in [-0.2, 0) is 4.74 Å². The molecule has 3 heteroatoms. The minimum atomic E-state index is 0.566. The summed E-state index contributed by atoms with van der Waals surface area (Å²) in [5.41, 5.74) is 0. The summed E-state index contributed by atoms with van der Waals surface area (Å²) in [6, 6.07) is 0. The van der Waals surface area contributed by atoms with Crippen LogP contribution in [0.15, 0.2) is 0 Å². The fourth-order valence-corrected chi connectivity index (χ4v) is 3.06. The molecule has 0 aromatic heterocycles. The second-order valence-corrected chi connectivity index (χ2v) is 5.94. The topological polar surface area (TPSA) is 24.5 Å². The second kappa shape index (κ2) is 10.6. The zero-order valence-corrected chi connectivity index (χ0v) is 13.3. The maximum atomic E-state index is 6.23. The Morgan fingerprint density at radius 1 is 0.947 bits per heavy atom. The fraction of sp³-hybridized carbons (Fsp3) is 1.00. The summed E-state index contributed by atoms with van der Waals surface area (Å²) in [7, 11) is 3.75. The van der Waals surface area contributed by atoms with E-state index in [4.69, 9.17) is 4.74 Å². The molecule has 2 fully saturated rings. The van der Waals surface area contributed by atoms with Crippen LogP contribution in [0.5, 0.6) is 0 Å². The minimum Gasteiger partial charge on any atom is -0.375 e. The van der Waals surface area contributed by atoms with Gasteiger partial charge in [-0.1, -0.05) is 26.2 Å². The van der Waals surface area contributed by atoms with Crippen molar-refractivity contribution in [2.45, 2.75) is 70.5 Å². The van der Waals surface area contributed by atoms with Crippen molar-refractivity contribution in [2.75, 3.05) is 33.7 Å². The summed E-state index contributed by atoms with van der Waals surface area (Å²) < 4.78 is 6.23. The van der Waals surface area contributed by atoms with E-state index in [1.165, 1.54) is 71.0 Å². The van der Waals surface area contributed by atoms with Gasteiger partial charge >= 0.3 is 0 Å². The number of nitrogens with one attached hydrogen (secondary N) is 1. The van der Waals surface area contributed by atoms with Gasteiger partial charge in [0, 0.05) is 13.1 Å². The van der Waals surface area contributed by atoms with Crippen LogP contribution in [0.3, 0.4) is 0 Å². The Bertz CT molecular complexity index is 197. The Kier molecular flexibility index (Phi) is 9.48. The third-order valence-electron chi connectivity index (χ3n) is 4.01. The van der Waals surface area contributed by atoms with Crippen LogP contribution in [0, 0.1) is 0 Å². The Hall–Kier alpha value is -0.120. The first-order valence-electron chi connectivity index (χ1n) is 8.26. The van der Waals surface area contributed by atoms with Gasteiger partial charge in [0.2, 0.25) is 0 Å². The first-order valence-corrected chi connectivity index (χ1v) is 8.26. The molecule has 0 radical (unpaired) electrons. The molecule has 0 unspecified atom stereocenters.